The Balaban J connectivity index is 1.95. The second kappa shape index (κ2) is 7.73. The van der Waals surface area contributed by atoms with Crippen LogP contribution in [-0.4, -0.2) is 29.5 Å². The van der Waals surface area contributed by atoms with Crippen molar-refractivity contribution in [1.82, 2.24) is 15.6 Å². The second-order valence-electron chi connectivity index (χ2n) is 5.04. The van der Waals surface area contributed by atoms with Gasteiger partial charge in [0.25, 0.3) is 0 Å². The lowest BCUT2D eigenvalue weighted by Crippen LogP contribution is -2.45. The molecule has 0 aliphatic heterocycles. The van der Waals surface area contributed by atoms with Crippen molar-refractivity contribution in [2.45, 2.75) is 26.8 Å². The number of amides is 3. The molecule has 0 bridgehead atoms. The number of anilines is 1. The molecule has 2 aromatic rings. The standard InChI is InChI=1S/C16H20N4O2S/c1-4-17-16(22)20-15(21)10(2)18-13-7-5-12(6-8-13)14-9-23-11(3)19-14/h5-10,18H,4H2,1-3H3,(H2,17,20,21,22). The SMILES string of the molecule is CCNC(=O)NC(=O)C(C)Nc1ccc(-c2csc(C)n2)cc1. The van der Waals surface area contributed by atoms with Gasteiger partial charge in [-0.1, -0.05) is 12.1 Å². The Hall–Kier alpha value is -2.41. The third-order valence-electron chi connectivity index (χ3n) is 3.15. The number of imide groups is 1. The largest absolute Gasteiger partial charge is 0.374 e. The maximum absolute atomic E-state index is 11.9. The Bertz CT molecular complexity index is 682. The van der Waals surface area contributed by atoms with Gasteiger partial charge in [0.1, 0.15) is 6.04 Å². The number of hydrogen-bond donors (Lipinski definition) is 3. The van der Waals surface area contributed by atoms with Crippen molar-refractivity contribution < 1.29 is 9.59 Å². The molecule has 0 saturated heterocycles. The molecule has 0 aliphatic carbocycles. The van der Waals surface area contributed by atoms with Crippen molar-refractivity contribution >= 4 is 29.0 Å². The number of nitrogens with zero attached hydrogens (tertiary/aromatic N) is 1. The molecule has 3 N–H and O–H groups in total. The Morgan fingerprint density at radius 1 is 1.26 bits per heavy atom. The average molecular weight is 332 g/mol. The molecule has 0 spiro atoms. The number of thiazole rings is 1. The van der Waals surface area contributed by atoms with Gasteiger partial charge in [-0.25, -0.2) is 9.78 Å². The van der Waals surface area contributed by atoms with Crippen LogP contribution in [0.4, 0.5) is 10.5 Å². The fourth-order valence-electron chi connectivity index (χ4n) is 1.97. The predicted octanol–water partition coefficient (Wildman–Crippen LogP) is 2.76. The molecule has 23 heavy (non-hydrogen) atoms. The van der Waals surface area contributed by atoms with Crippen molar-refractivity contribution in [3.8, 4) is 11.3 Å². The number of aryl methyl sites for hydroxylation is 1. The molecule has 1 aromatic heterocycles. The first-order valence-corrected chi connectivity index (χ1v) is 8.25. The highest BCUT2D eigenvalue weighted by atomic mass is 32.1. The minimum Gasteiger partial charge on any atom is -0.374 e. The summed E-state index contributed by atoms with van der Waals surface area (Å²) in [5.74, 6) is -0.379. The van der Waals surface area contributed by atoms with E-state index in [1.54, 1.807) is 25.2 Å². The molecular weight excluding hydrogens is 312 g/mol. The lowest BCUT2D eigenvalue weighted by atomic mass is 10.1. The number of benzene rings is 1. The maximum atomic E-state index is 11.9. The first kappa shape index (κ1) is 17.0. The molecule has 122 valence electrons. The van der Waals surface area contributed by atoms with Crippen molar-refractivity contribution in [2.75, 3.05) is 11.9 Å². The van der Waals surface area contributed by atoms with Crippen LogP contribution in [0.15, 0.2) is 29.6 Å². The summed E-state index contributed by atoms with van der Waals surface area (Å²) in [7, 11) is 0. The topological polar surface area (TPSA) is 83.1 Å². The smallest absolute Gasteiger partial charge is 0.321 e. The highest BCUT2D eigenvalue weighted by molar-refractivity contribution is 7.09. The summed E-state index contributed by atoms with van der Waals surface area (Å²) in [4.78, 5) is 27.7. The van der Waals surface area contributed by atoms with E-state index in [1.165, 1.54) is 0 Å². The quantitative estimate of drug-likeness (QED) is 0.786. The molecule has 1 heterocycles. The van der Waals surface area contributed by atoms with Crippen LogP contribution in [0.5, 0.6) is 0 Å². The van der Waals surface area contributed by atoms with E-state index in [0.717, 1.165) is 22.0 Å². The number of rotatable bonds is 5. The van der Waals surface area contributed by atoms with Gasteiger partial charge < -0.3 is 10.6 Å². The van der Waals surface area contributed by atoms with Gasteiger partial charge >= 0.3 is 6.03 Å². The van der Waals surface area contributed by atoms with E-state index < -0.39 is 12.1 Å². The van der Waals surface area contributed by atoms with Gasteiger partial charge in [-0.3, -0.25) is 10.1 Å². The summed E-state index contributed by atoms with van der Waals surface area (Å²) in [5.41, 5.74) is 2.78. The molecule has 1 unspecified atom stereocenters. The Kier molecular flexibility index (Phi) is 5.70. The molecule has 1 atom stereocenters. The average Bonchev–Trinajstić information content (AvgIpc) is 2.94. The second-order valence-corrected chi connectivity index (χ2v) is 6.11. The van der Waals surface area contributed by atoms with Gasteiger partial charge in [-0.15, -0.1) is 11.3 Å². The third-order valence-corrected chi connectivity index (χ3v) is 3.92. The van der Waals surface area contributed by atoms with Crippen molar-refractivity contribution in [3.63, 3.8) is 0 Å². The number of urea groups is 1. The summed E-state index contributed by atoms with van der Waals surface area (Å²) in [6.07, 6.45) is 0. The van der Waals surface area contributed by atoms with Gasteiger partial charge in [0.2, 0.25) is 5.91 Å². The van der Waals surface area contributed by atoms with E-state index in [2.05, 4.69) is 20.9 Å². The monoisotopic (exact) mass is 332 g/mol. The van der Waals surface area contributed by atoms with E-state index in [1.807, 2.05) is 36.6 Å². The van der Waals surface area contributed by atoms with E-state index >= 15 is 0 Å². The van der Waals surface area contributed by atoms with E-state index in [0.29, 0.717) is 6.54 Å². The molecule has 3 amide bonds. The highest BCUT2D eigenvalue weighted by Gasteiger charge is 2.15. The molecule has 0 aliphatic rings. The fourth-order valence-corrected chi connectivity index (χ4v) is 2.60. The van der Waals surface area contributed by atoms with Crippen LogP contribution in [0.3, 0.4) is 0 Å². The highest BCUT2D eigenvalue weighted by Crippen LogP contribution is 2.23. The first-order chi connectivity index (χ1) is 11.0. The van der Waals surface area contributed by atoms with Crippen LogP contribution in [0.2, 0.25) is 0 Å². The van der Waals surface area contributed by atoms with Gasteiger partial charge in [0, 0.05) is 23.2 Å². The lowest BCUT2D eigenvalue weighted by Gasteiger charge is -2.15. The van der Waals surface area contributed by atoms with Gasteiger partial charge in [-0.2, -0.15) is 0 Å². The lowest BCUT2D eigenvalue weighted by molar-refractivity contribution is -0.120. The molecular formula is C16H20N4O2S. The summed E-state index contributed by atoms with van der Waals surface area (Å²) in [6.45, 7) is 5.93. The molecule has 0 radical (unpaired) electrons. The normalized spacial score (nSPS) is 11.6. The van der Waals surface area contributed by atoms with E-state index in [9.17, 15) is 9.59 Å². The molecule has 6 nitrogen and oxygen atoms in total. The number of carbonyl (C=O) groups excluding carboxylic acids is 2. The van der Waals surface area contributed by atoms with E-state index in [4.69, 9.17) is 0 Å². The van der Waals surface area contributed by atoms with Crippen LogP contribution >= 0.6 is 11.3 Å². The Morgan fingerprint density at radius 3 is 2.52 bits per heavy atom. The van der Waals surface area contributed by atoms with Crippen LogP contribution in [0, 0.1) is 6.92 Å². The maximum Gasteiger partial charge on any atom is 0.321 e. The van der Waals surface area contributed by atoms with Gasteiger partial charge in [0.05, 0.1) is 10.7 Å². The first-order valence-electron chi connectivity index (χ1n) is 7.37. The number of aromatic nitrogens is 1. The van der Waals surface area contributed by atoms with Crippen LogP contribution in [0.25, 0.3) is 11.3 Å². The Labute approximate surface area is 139 Å². The van der Waals surface area contributed by atoms with E-state index in [-0.39, 0.29) is 5.91 Å². The van der Waals surface area contributed by atoms with Crippen molar-refractivity contribution in [2.24, 2.45) is 0 Å². The molecule has 0 saturated carbocycles. The third kappa shape index (κ3) is 4.79. The molecule has 0 fully saturated rings. The summed E-state index contributed by atoms with van der Waals surface area (Å²) in [6, 6.07) is 6.67. The molecule has 1 aromatic carbocycles. The zero-order valence-electron chi connectivity index (χ0n) is 13.3. The van der Waals surface area contributed by atoms with Crippen LogP contribution < -0.4 is 16.0 Å². The van der Waals surface area contributed by atoms with Crippen molar-refractivity contribution in [1.29, 1.82) is 0 Å². The number of nitrogens with one attached hydrogen (secondary N) is 3. The Morgan fingerprint density at radius 2 is 1.96 bits per heavy atom. The summed E-state index contributed by atoms with van der Waals surface area (Å²) in [5, 5.41) is 10.9. The fraction of sp³-hybridized carbons (Fsp3) is 0.312. The van der Waals surface area contributed by atoms with Gasteiger partial charge in [0.15, 0.2) is 0 Å². The predicted molar refractivity (Wildman–Crippen MR) is 92.6 cm³/mol. The number of carbonyl (C=O) groups is 2. The van der Waals surface area contributed by atoms with Crippen LogP contribution in [-0.2, 0) is 4.79 Å². The summed E-state index contributed by atoms with van der Waals surface area (Å²) >= 11 is 1.61. The van der Waals surface area contributed by atoms with Gasteiger partial charge in [-0.05, 0) is 32.9 Å². The number of hydrogen-bond acceptors (Lipinski definition) is 5. The molecule has 7 heteroatoms. The van der Waals surface area contributed by atoms with Crippen LogP contribution in [0.1, 0.15) is 18.9 Å². The molecule has 2 rings (SSSR count). The zero-order chi connectivity index (χ0) is 16.8. The van der Waals surface area contributed by atoms with Crippen molar-refractivity contribution in [3.05, 3.63) is 34.7 Å². The summed E-state index contributed by atoms with van der Waals surface area (Å²) < 4.78 is 0. The zero-order valence-corrected chi connectivity index (χ0v) is 14.2. The minimum atomic E-state index is -0.523. The minimum absolute atomic E-state index is 0.379.